The van der Waals surface area contributed by atoms with Gasteiger partial charge in [-0.1, -0.05) is 0 Å². The largest absolute Gasteiger partial charge is 0.480 e. The van der Waals surface area contributed by atoms with Crippen LogP contribution >= 0.6 is 0 Å². The molecule has 1 heterocycles. The molecule has 1 saturated carbocycles. The van der Waals surface area contributed by atoms with Gasteiger partial charge in [-0.05, 0) is 39.5 Å². The van der Waals surface area contributed by atoms with Gasteiger partial charge in [-0.3, -0.25) is 9.69 Å². The molecule has 1 saturated heterocycles. The lowest BCUT2D eigenvalue weighted by Crippen LogP contribution is -2.62. The molecule has 2 atom stereocenters. The number of nitrogens with zero attached hydrogens (tertiary/aromatic N) is 1. The second kappa shape index (κ2) is 4.79. The first kappa shape index (κ1) is 13.8. The fourth-order valence-electron chi connectivity index (χ4n) is 3.29. The number of rotatable bonds is 2. The van der Waals surface area contributed by atoms with Crippen molar-refractivity contribution in [3.8, 4) is 0 Å². The fourth-order valence-corrected chi connectivity index (χ4v) is 3.29. The molecule has 18 heavy (non-hydrogen) atoms. The predicted octanol–water partition coefficient (Wildman–Crippen LogP) is 0.822. The van der Waals surface area contributed by atoms with Crippen LogP contribution in [0.25, 0.3) is 0 Å². The lowest BCUT2D eigenvalue weighted by atomic mass is 9.78. The standard InChI is InChI=1S/C13H24N2O3/c1-12(2)9-18-7-6-15(12)10-4-3-5-13(14,8-10)11(16)17/h10H,3-9,14H2,1-2H3,(H,16,17). The van der Waals surface area contributed by atoms with Crippen molar-refractivity contribution >= 4 is 5.97 Å². The van der Waals surface area contributed by atoms with Crippen molar-refractivity contribution in [2.45, 2.75) is 56.7 Å². The molecule has 0 radical (unpaired) electrons. The molecule has 0 aromatic rings. The average molecular weight is 256 g/mol. The van der Waals surface area contributed by atoms with Gasteiger partial charge in [-0.25, -0.2) is 0 Å². The topological polar surface area (TPSA) is 75.8 Å². The maximum Gasteiger partial charge on any atom is 0.323 e. The number of hydrogen-bond acceptors (Lipinski definition) is 4. The molecule has 0 amide bonds. The second-order valence-corrected chi connectivity index (χ2v) is 6.27. The summed E-state index contributed by atoms with van der Waals surface area (Å²) in [6.45, 7) is 6.60. The van der Waals surface area contributed by atoms with Crippen molar-refractivity contribution in [3.05, 3.63) is 0 Å². The molecule has 0 bridgehead atoms. The molecule has 2 rings (SSSR count). The van der Waals surface area contributed by atoms with E-state index >= 15 is 0 Å². The van der Waals surface area contributed by atoms with Crippen LogP contribution in [-0.2, 0) is 9.53 Å². The highest BCUT2D eigenvalue weighted by Gasteiger charge is 2.44. The summed E-state index contributed by atoms with van der Waals surface area (Å²) in [7, 11) is 0. The maximum absolute atomic E-state index is 11.3. The van der Waals surface area contributed by atoms with E-state index in [1.807, 2.05) is 0 Å². The molecule has 0 spiro atoms. The zero-order valence-electron chi connectivity index (χ0n) is 11.3. The SMILES string of the molecule is CC1(C)COCCN1C1CCCC(N)(C(=O)O)C1. The van der Waals surface area contributed by atoms with Gasteiger partial charge in [0, 0.05) is 18.1 Å². The van der Waals surface area contributed by atoms with Crippen LogP contribution in [0, 0.1) is 0 Å². The van der Waals surface area contributed by atoms with Crippen molar-refractivity contribution in [3.63, 3.8) is 0 Å². The molecule has 0 aromatic heterocycles. The Hall–Kier alpha value is -0.650. The van der Waals surface area contributed by atoms with Crippen LogP contribution in [0.15, 0.2) is 0 Å². The lowest BCUT2D eigenvalue weighted by Gasteiger charge is -2.50. The number of morpholine rings is 1. The minimum Gasteiger partial charge on any atom is -0.480 e. The van der Waals surface area contributed by atoms with Crippen LogP contribution in [0.1, 0.15) is 39.5 Å². The van der Waals surface area contributed by atoms with E-state index in [1.165, 1.54) is 0 Å². The van der Waals surface area contributed by atoms with Gasteiger partial charge in [0.05, 0.1) is 13.2 Å². The summed E-state index contributed by atoms with van der Waals surface area (Å²) in [5.41, 5.74) is 4.96. The highest BCUT2D eigenvalue weighted by atomic mass is 16.5. The normalized spacial score (nSPS) is 37.4. The Kier molecular flexibility index (Phi) is 3.67. The van der Waals surface area contributed by atoms with Crippen molar-refractivity contribution in [1.29, 1.82) is 0 Å². The Balaban J connectivity index is 2.11. The fraction of sp³-hybridized carbons (Fsp3) is 0.923. The summed E-state index contributed by atoms with van der Waals surface area (Å²) < 4.78 is 5.52. The van der Waals surface area contributed by atoms with Crippen LogP contribution in [-0.4, -0.2) is 52.9 Å². The minimum absolute atomic E-state index is 0.0281. The van der Waals surface area contributed by atoms with Gasteiger partial charge in [-0.2, -0.15) is 0 Å². The van der Waals surface area contributed by atoms with Gasteiger partial charge < -0.3 is 15.6 Å². The van der Waals surface area contributed by atoms with Crippen LogP contribution < -0.4 is 5.73 Å². The molecule has 2 fully saturated rings. The molecule has 104 valence electrons. The first-order valence-corrected chi connectivity index (χ1v) is 6.72. The highest BCUT2D eigenvalue weighted by Crippen LogP contribution is 2.34. The first-order valence-electron chi connectivity index (χ1n) is 6.72. The summed E-state index contributed by atoms with van der Waals surface area (Å²) in [6, 6.07) is 0.263. The van der Waals surface area contributed by atoms with Gasteiger partial charge in [-0.15, -0.1) is 0 Å². The molecule has 1 aliphatic heterocycles. The van der Waals surface area contributed by atoms with Crippen LogP contribution in [0.3, 0.4) is 0 Å². The van der Waals surface area contributed by atoms with E-state index in [0.717, 1.165) is 26.0 Å². The minimum atomic E-state index is -1.04. The summed E-state index contributed by atoms with van der Waals surface area (Å²) in [5.74, 6) is -0.863. The summed E-state index contributed by atoms with van der Waals surface area (Å²) >= 11 is 0. The summed E-state index contributed by atoms with van der Waals surface area (Å²) in [4.78, 5) is 13.7. The quantitative estimate of drug-likeness (QED) is 0.765. The van der Waals surface area contributed by atoms with Crippen LogP contribution in [0.4, 0.5) is 0 Å². The number of carbonyl (C=O) groups is 1. The van der Waals surface area contributed by atoms with Gasteiger partial charge in [0.15, 0.2) is 0 Å². The van der Waals surface area contributed by atoms with Crippen molar-refractivity contribution in [1.82, 2.24) is 4.90 Å². The highest BCUT2D eigenvalue weighted by molar-refractivity contribution is 5.78. The third kappa shape index (κ3) is 2.53. The Labute approximate surface area is 108 Å². The van der Waals surface area contributed by atoms with Crippen molar-refractivity contribution < 1.29 is 14.6 Å². The van der Waals surface area contributed by atoms with Gasteiger partial charge in [0.2, 0.25) is 0 Å². The molecular weight excluding hydrogens is 232 g/mol. The van der Waals surface area contributed by atoms with Crippen LogP contribution in [0.2, 0.25) is 0 Å². The Morgan fingerprint density at radius 2 is 2.22 bits per heavy atom. The molecular formula is C13H24N2O3. The van der Waals surface area contributed by atoms with E-state index in [2.05, 4.69) is 18.7 Å². The second-order valence-electron chi connectivity index (χ2n) is 6.27. The smallest absolute Gasteiger partial charge is 0.323 e. The van der Waals surface area contributed by atoms with Gasteiger partial charge in [0.25, 0.3) is 0 Å². The Morgan fingerprint density at radius 3 is 2.83 bits per heavy atom. The number of nitrogens with two attached hydrogens (primary N) is 1. The molecule has 5 heteroatoms. The average Bonchev–Trinajstić information content (AvgIpc) is 2.28. The van der Waals surface area contributed by atoms with Crippen molar-refractivity contribution in [2.75, 3.05) is 19.8 Å². The zero-order chi connectivity index (χ0) is 13.4. The number of ether oxygens (including phenoxy) is 1. The van der Waals surface area contributed by atoms with E-state index in [0.29, 0.717) is 19.4 Å². The maximum atomic E-state index is 11.3. The van der Waals surface area contributed by atoms with Crippen LogP contribution in [0.5, 0.6) is 0 Å². The third-order valence-electron chi connectivity index (χ3n) is 4.34. The first-order chi connectivity index (χ1) is 8.35. The monoisotopic (exact) mass is 256 g/mol. The summed E-state index contributed by atoms with van der Waals surface area (Å²) in [5, 5.41) is 9.28. The molecule has 1 aliphatic carbocycles. The van der Waals surface area contributed by atoms with Crippen molar-refractivity contribution in [2.24, 2.45) is 5.73 Å². The number of aliphatic carboxylic acids is 1. The molecule has 3 N–H and O–H groups in total. The molecule has 5 nitrogen and oxygen atoms in total. The number of hydrogen-bond donors (Lipinski definition) is 2. The lowest BCUT2D eigenvalue weighted by molar-refractivity contribution is -0.147. The van der Waals surface area contributed by atoms with E-state index in [9.17, 15) is 9.90 Å². The number of carboxylic acid groups (broad SMARTS) is 1. The molecule has 0 aromatic carbocycles. The molecule has 2 aliphatic rings. The van der Waals surface area contributed by atoms with E-state index in [-0.39, 0.29) is 11.6 Å². The molecule has 2 unspecified atom stereocenters. The number of carboxylic acids is 1. The third-order valence-corrected chi connectivity index (χ3v) is 4.34. The van der Waals surface area contributed by atoms with E-state index in [1.54, 1.807) is 0 Å². The Morgan fingerprint density at radius 1 is 1.50 bits per heavy atom. The van der Waals surface area contributed by atoms with E-state index in [4.69, 9.17) is 10.5 Å². The predicted molar refractivity (Wildman–Crippen MR) is 68.4 cm³/mol. The summed E-state index contributed by atoms with van der Waals surface area (Å²) in [6.07, 6.45) is 3.06. The van der Waals surface area contributed by atoms with Gasteiger partial charge >= 0.3 is 5.97 Å². The van der Waals surface area contributed by atoms with E-state index < -0.39 is 11.5 Å². The van der Waals surface area contributed by atoms with Gasteiger partial charge in [0.1, 0.15) is 5.54 Å². The Bertz CT molecular complexity index is 332. The zero-order valence-corrected chi connectivity index (χ0v) is 11.3.